The third-order valence-corrected chi connectivity index (χ3v) is 4.97. The van der Waals surface area contributed by atoms with Gasteiger partial charge < -0.3 is 20.6 Å². The number of carboxylic acid groups (broad SMARTS) is 1. The van der Waals surface area contributed by atoms with Gasteiger partial charge in [0.2, 0.25) is 5.95 Å². The molecule has 1 aromatic carbocycles. The summed E-state index contributed by atoms with van der Waals surface area (Å²) in [7, 11) is 0. The quantitative estimate of drug-likeness (QED) is 0.351. The van der Waals surface area contributed by atoms with E-state index in [4.69, 9.17) is 5.11 Å². The molecular weight excluding hydrogens is 439 g/mol. The van der Waals surface area contributed by atoms with Gasteiger partial charge in [0.05, 0.1) is 41.9 Å². The van der Waals surface area contributed by atoms with Crippen LogP contribution >= 0.6 is 0 Å². The number of pyridine rings is 1. The molecule has 0 unspecified atom stereocenters. The average molecular weight is 467 g/mol. The second kappa shape index (κ2) is 11.4. The number of nitrogens with zero attached hydrogens (tertiary/aromatic N) is 3. The van der Waals surface area contributed by atoms with Gasteiger partial charge in [-0.15, -0.1) is 0 Å². The third-order valence-electron chi connectivity index (χ3n) is 4.97. The summed E-state index contributed by atoms with van der Waals surface area (Å²) in [6.45, 7) is 3.93. The Morgan fingerprint density at radius 2 is 1.88 bits per heavy atom. The molecule has 0 spiro atoms. The minimum Gasteiger partial charge on any atom is -0.481 e. The fourth-order valence-corrected chi connectivity index (χ4v) is 3.39. The van der Waals surface area contributed by atoms with Gasteiger partial charge in [-0.2, -0.15) is 0 Å². The van der Waals surface area contributed by atoms with Crippen molar-refractivity contribution in [3.8, 4) is 11.3 Å². The van der Waals surface area contributed by atoms with E-state index >= 15 is 0 Å². The lowest BCUT2D eigenvalue weighted by Crippen LogP contribution is -2.19. The van der Waals surface area contributed by atoms with Gasteiger partial charge in [0.1, 0.15) is 5.82 Å². The van der Waals surface area contributed by atoms with E-state index in [2.05, 4.69) is 20.3 Å². The van der Waals surface area contributed by atoms with Gasteiger partial charge >= 0.3 is 5.97 Å². The normalized spacial score (nSPS) is 13.2. The molecule has 3 aromatic rings. The standard InChI is InChI=1S/C25H27FN4O4/c1-15(2)23-21(10-9-19(31)12-20(32)13-22(33)34)24(16-5-7-17(26)8-6-16)30-25(29-23)28-18-4-3-11-27-14-18/h3-11,14-15,19-20,31-32H,12-13H2,1-2H3,(H,33,34)(H,28,29,30)/t19-,20-/m1/s1. The van der Waals surface area contributed by atoms with Crippen LogP contribution in [0.2, 0.25) is 0 Å². The fourth-order valence-electron chi connectivity index (χ4n) is 3.39. The number of rotatable bonds is 10. The number of carbonyl (C=O) groups is 1. The molecule has 0 fully saturated rings. The fraction of sp³-hybridized carbons (Fsp3) is 0.280. The van der Waals surface area contributed by atoms with E-state index in [9.17, 15) is 19.4 Å². The number of aromatic nitrogens is 3. The van der Waals surface area contributed by atoms with Crippen LogP contribution in [0, 0.1) is 5.82 Å². The number of aliphatic carboxylic acids is 1. The monoisotopic (exact) mass is 466 g/mol. The first-order valence-electron chi connectivity index (χ1n) is 10.8. The molecular formula is C25H27FN4O4. The molecule has 9 heteroatoms. The van der Waals surface area contributed by atoms with E-state index in [1.807, 2.05) is 19.9 Å². The Balaban J connectivity index is 2.03. The molecule has 0 aliphatic heterocycles. The van der Waals surface area contributed by atoms with Crippen molar-refractivity contribution in [2.24, 2.45) is 0 Å². The number of hydrogen-bond acceptors (Lipinski definition) is 7. The zero-order valence-corrected chi connectivity index (χ0v) is 18.9. The summed E-state index contributed by atoms with van der Waals surface area (Å²) in [5.74, 6) is -1.21. The Labute approximate surface area is 196 Å². The van der Waals surface area contributed by atoms with Crippen molar-refractivity contribution in [1.29, 1.82) is 0 Å². The maximum atomic E-state index is 13.6. The molecule has 34 heavy (non-hydrogen) atoms. The van der Waals surface area contributed by atoms with Gasteiger partial charge in [0, 0.05) is 23.7 Å². The molecule has 0 saturated heterocycles. The highest BCUT2D eigenvalue weighted by Gasteiger charge is 2.18. The number of halogens is 1. The highest BCUT2D eigenvalue weighted by Crippen LogP contribution is 2.31. The Bertz CT molecular complexity index is 1140. The van der Waals surface area contributed by atoms with Crippen LogP contribution in [0.1, 0.15) is 43.9 Å². The van der Waals surface area contributed by atoms with Crippen molar-refractivity contribution in [1.82, 2.24) is 15.0 Å². The lowest BCUT2D eigenvalue weighted by molar-refractivity contribution is -0.139. The number of benzene rings is 1. The Hall–Kier alpha value is -3.69. The third kappa shape index (κ3) is 6.90. The Kier molecular flexibility index (Phi) is 8.39. The number of nitrogens with one attached hydrogen (secondary N) is 1. The van der Waals surface area contributed by atoms with Gasteiger partial charge in [-0.1, -0.05) is 26.0 Å². The first-order valence-corrected chi connectivity index (χ1v) is 10.8. The summed E-state index contributed by atoms with van der Waals surface area (Å²) >= 11 is 0. The van der Waals surface area contributed by atoms with E-state index in [1.54, 1.807) is 36.7 Å². The van der Waals surface area contributed by atoms with Gasteiger partial charge in [-0.25, -0.2) is 14.4 Å². The number of hydrogen-bond donors (Lipinski definition) is 4. The lowest BCUT2D eigenvalue weighted by Gasteiger charge is -2.17. The molecule has 0 aliphatic carbocycles. The SMILES string of the molecule is CC(C)c1nc(Nc2cccnc2)nc(-c2ccc(F)cc2)c1C=C[C@@H](O)C[C@@H](O)CC(=O)O. The predicted octanol–water partition coefficient (Wildman–Crippen LogP) is 4.14. The molecule has 0 bridgehead atoms. The van der Waals surface area contributed by atoms with E-state index < -0.39 is 24.6 Å². The van der Waals surface area contributed by atoms with Crippen molar-refractivity contribution >= 4 is 23.7 Å². The molecule has 2 aromatic heterocycles. The van der Waals surface area contributed by atoms with Crippen LogP contribution in [0.25, 0.3) is 17.3 Å². The molecule has 0 radical (unpaired) electrons. The van der Waals surface area contributed by atoms with Crippen LogP contribution in [0.15, 0.2) is 54.9 Å². The van der Waals surface area contributed by atoms with Gasteiger partial charge in [-0.3, -0.25) is 9.78 Å². The highest BCUT2D eigenvalue weighted by atomic mass is 19.1. The molecule has 0 saturated carbocycles. The summed E-state index contributed by atoms with van der Waals surface area (Å²) < 4.78 is 13.6. The molecule has 0 aliphatic rings. The van der Waals surface area contributed by atoms with Crippen molar-refractivity contribution in [3.63, 3.8) is 0 Å². The topological polar surface area (TPSA) is 128 Å². The second-order valence-corrected chi connectivity index (χ2v) is 8.14. The van der Waals surface area contributed by atoms with Crippen molar-refractivity contribution in [3.05, 3.63) is 71.9 Å². The summed E-state index contributed by atoms with van der Waals surface area (Å²) in [5.41, 5.74) is 3.20. The van der Waals surface area contributed by atoms with Gasteiger partial charge in [-0.05, 0) is 42.3 Å². The summed E-state index contributed by atoms with van der Waals surface area (Å²) in [6.07, 6.45) is 3.57. The van der Waals surface area contributed by atoms with Gasteiger partial charge in [0.15, 0.2) is 0 Å². The Morgan fingerprint density at radius 3 is 2.50 bits per heavy atom. The number of aliphatic hydroxyl groups excluding tert-OH is 2. The summed E-state index contributed by atoms with van der Waals surface area (Å²) in [5, 5.41) is 32.1. The first kappa shape index (κ1) is 24.9. The molecule has 178 valence electrons. The minimum atomic E-state index is -1.18. The minimum absolute atomic E-state index is 0.0222. The largest absolute Gasteiger partial charge is 0.481 e. The van der Waals surface area contributed by atoms with Crippen LogP contribution in [-0.4, -0.2) is 48.4 Å². The highest BCUT2D eigenvalue weighted by molar-refractivity contribution is 5.75. The van der Waals surface area contributed by atoms with Crippen LogP contribution < -0.4 is 5.32 Å². The summed E-state index contributed by atoms with van der Waals surface area (Å²) in [4.78, 5) is 24.2. The van der Waals surface area contributed by atoms with Crippen molar-refractivity contribution in [2.75, 3.05) is 5.32 Å². The van der Waals surface area contributed by atoms with Crippen LogP contribution in [0.3, 0.4) is 0 Å². The molecule has 2 heterocycles. The zero-order chi connectivity index (χ0) is 24.7. The molecule has 4 N–H and O–H groups in total. The number of aliphatic hydroxyl groups is 2. The van der Waals surface area contributed by atoms with Crippen molar-refractivity contribution < 1.29 is 24.5 Å². The van der Waals surface area contributed by atoms with Crippen LogP contribution in [-0.2, 0) is 4.79 Å². The van der Waals surface area contributed by atoms with Crippen LogP contribution in [0.5, 0.6) is 0 Å². The van der Waals surface area contributed by atoms with Crippen LogP contribution in [0.4, 0.5) is 16.0 Å². The molecule has 2 atom stereocenters. The van der Waals surface area contributed by atoms with E-state index in [-0.39, 0.29) is 18.2 Å². The molecule has 0 amide bonds. The van der Waals surface area contributed by atoms with Gasteiger partial charge in [0.25, 0.3) is 0 Å². The maximum Gasteiger partial charge on any atom is 0.305 e. The van der Waals surface area contributed by atoms with E-state index in [1.165, 1.54) is 18.2 Å². The Morgan fingerprint density at radius 1 is 1.15 bits per heavy atom. The van der Waals surface area contributed by atoms with E-state index in [0.29, 0.717) is 34.2 Å². The molecule has 3 rings (SSSR count). The number of carboxylic acids is 1. The smallest absolute Gasteiger partial charge is 0.305 e. The lowest BCUT2D eigenvalue weighted by atomic mass is 9.97. The zero-order valence-electron chi connectivity index (χ0n) is 18.9. The maximum absolute atomic E-state index is 13.6. The van der Waals surface area contributed by atoms with Crippen molar-refractivity contribution in [2.45, 2.75) is 44.8 Å². The summed E-state index contributed by atoms with van der Waals surface area (Å²) in [6, 6.07) is 9.51. The van der Waals surface area contributed by atoms with E-state index in [0.717, 1.165) is 0 Å². The molecule has 8 nitrogen and oxygen atoms in total. The second-order valence-electron chi connectivity index (χ2n) is 8.14. The number of anilines is 2. The predicted molar refractivity (Wildman–Crippen MR) is 127 cm³/mol. The first-order chi connectivity index (χ1) is 16.2. The average Bonchev–Trinajstić information content (AvgIpc) is 2.78.